The molecular weight excluding hydrogens is 411 g/mol. The third kappa shape index (κ3) is 4.79. The summed E-state index contributed by atoms with van der Waals surface area (Å²) >= 11 is 0. The lowest BCUT2D eigenvalue weighted by Gasteiger charge is -2.10. The number of aliphatic hydroxyl groups is 1. The molecule has 3 rings (SSSR count). The van der Waals surface area contributed by atoms with E-state index < -0.39 is 36.7 Å². The van der Waals surface area contributed by atoms with Crippen LogP contribution in [0.15, 0.2) is 43.0 Å². The highest BCUT2D eigenvalue weighted by Gasteiger charge is 2.34. The van der Waals surface area contributed by atoms with Crippen LogP contribution in [0.2, 0.25) is 0 Å². The van der Waals surface area contributed by atoms with E-state index in [9.17, 15) is 26.7 Å². The average molecular weight is 426 g/mol. The number of carbonyl (C=O) groups is 1. The number of halogens is 5. The molecule has 1 aromatic carbocycles. The molecule has 2 aromatic heterocycles. The molecule has 3 aromatic rings. The number of imidazole rings is 1. The van der Waals surface area contributed by atoms with Crippen LogP contribution in [0, 0.1) is 5.82 Å². The van der Waals surface area contributed by atoms with Crippen LogP contribution in [0.3, 0.4) is 0 Å². The number of nitrogens with zero attached hydrogens (tertiary/aromatic N) is 3. The molecule has 0 aliphatic rings. The number of hydrogen-bond donors (Lipinski definition) is 2. The van der Waals surface area contributed by atoms with Crippen molar-refractivity contribution < 1.29 is 31.9 Å². The molecule has 30 heavy (non-hydrogen) atoms. The number of aromatic nitrogens is 3. The van der Waals surface area contributed by atoms with E-state index in [0.717, 1.165) is 6.07 Å². The van der Waals surface area contributed by atoms with Gasteiger partial charge in [-0.2, -0.15) is 13.2 Å². The van der Waals surface area contributed by atoms with Gasteiger partial charge in [-0.1, -0.05) is 6.07 Å². The van der Waals surface area contributed by atoms with Crippen molar-refractivity contribution in [1.29, 1.82) is 0 Å². The second-order valence-electron chi connectivity index (χ2n) is 6.32. The maximum atomic E-state index is 13.4. The van der Waals surface area contributed by atoms with Crippen LogP contribution < -0.4 is 5.32 Å². The molecule has 0 saturated carbocycles. The number of amides is 1. The molecule has 0 unspecified atom stereocenters. The SMILES string of the molecule is O=C(Nc1cn(Cc2ccc(F)c(C(F)(F)F)c2)cn1)c1cnc(CO)c(CF)c1. The van der Waals surface area contributed by atoms with E-state index >= 15 is 0 Å². The average Bonchev–Trinajstić information content (AvgIpc) is 3.14. The van der Waals surface area contributed by atoms with Crippen LogP contribution in [-0.2, 0) is 26.0 Å². The van der Waals surface area contributed by atoms with Gasteiger partial charge in [0, 0.05) is 24.5 Å². The van der Waals surface area contributed by atoms with Crippen LogP contribution in [0.1, 0.15) is 32.7 Å². The Morgan fingerprint density at radius 3 is 2.63 bits per heavy atom. The quantitative estimate of drug-likeness (QED) is 0.589. The molecule has 2 N–H and O–H groups in total. The number of aliphatic hydroxyl groups excluding tert-OH is 1. The van der Waals surface area contributed by atoms with Gasteiger partial charge in [0.25, 0.3) is 5.91 Å². The summed E-state index contributed by atoms with van der Waals surface area (Å²) in [7, 11) is 0. The second-order valence-corrected chi connectivity index (χ2v) is 6.32. The molecule has 2 heterocycles. The highest BCUT2D eigenvalue weighted by atomic mass is 19.4. The summed E-state index contributed by atoms with van der Waals surface area (Å²) in [6.07, 6.45) is -0.979. The fourth-order valence-electron chi connectivity index (χ4n) is 2.72. The Morgan fingerprint density at radius 2 is 1.97 bits per heavy atom. The first-order valence-electron chi connectivity index (χ1n) is 8.54. The Morgan fingerprint density at radius 1 is 1.20 bits per heavy atom. The lowest BCUT2D eigenvalue weighted by atomic mass is 10.1. The van der Waals surface area contributed by atoms with Crippen molar-refractivity contribution in [2.24, 2.45) is 0 Å². The number of alkyl halides is 4. The molecule has 0 aliphatic heterocycles. The Kier molecular flexibility index (Phi) is 6.11. The maximum absolute atomic E-state index is 13.4. The van der Waals surface area contributed by atoms with Gasteiger partial charge in [-0.15, -0.1) is 0 Å². The third-order valence-electron chi connectivity index (χ3n) is 4.19. The maximum Gasteiger partial charge on any atom is 0.419 e. The van der Waals surface area contributed by atoms with E-state index in [0.29, 0.717) is 6.07 Å². The minimum absolute atomic E-state index is 0.0367. The van der Waals surface area contributed by atoms with Gasteiger partial charge in [0.1, 0.15) is 12.5 Å². The van der Waals surface area contributed by atoms with Crippen molar-refractivity contribution in [1.82, 2.24) is 14.5 Å². The van der Waals surface area contributed by atoms with Crippen LogP contribution >= 0.6 is 0 Å². The predicted molar refractivity (Wildman–Crippen MR) is 95.7 cm³/mol. The fraction of sp³-hybridized carbons (Fsp3) is 0.211. The number of nitrogens with one attached hydrogen (secondary N) is 1. The molecule has 0 fully saturated rings. The topological polar surface area (TPSA) is 80.0 Å². The van der Waals surface area contributed by atoms with Gasteiger partial charge in [0.15, 0.2) is 5.82 Å². The summed E-state index contributed by atoms with van der Waals surface area (Å²) in [5.41, 5.74) is -0.933. The monoisotopic (exact) mass is 426 g/mol. The van der Waals surface area contributed by atoms with Crippen LogP contribution in [0.4, 0.5) is 27.8 Å². The molecule has 0 bridgehead atoms. The van der Waals surface area contributed by atoms with Crippen molar-refractivity contribution in [2.45, 2.75) is 26.0 Å². The van der Waals surface area contributed by atoms with E-state index in [2.05, 4.69) is 15.3 Å². The Hall–Kier alpha value is -3.34. The Labute approximate surface area is 167 Å². The molecule has 6 nitrogen and oxygen atoms in total. The number of anilines is 1. The predicted octanol–water partition coefficient (Wildman–Crippen LogP) is 3.70. The van der Waals surface area contributed by atoms with Gasteiger partial charge in [-0.05, 0) is 23.8 Å². The van der Waals surface area contributed by atoms with E-state index in [-0.39, 0.29) is 34.7 Å². The largest absolute Gasteiger partial charge is 0.419 e. The van der Waals surface area contributed by atoms with Crippen molar-refractivity contribution in [3.05, 3.63) is 76.8 Å². The minimum Gasteiger partial charge on any atom is -0.390 e. The van der Waals surface area contributed by atoms with E-state index in [4.69, 9.17) is 5.11 Å². The van der Waals surface area contributed by atoms with Crippen LogP contribution in [-0.4, -0.2) is 25.5 Å². The molecular formula is C19H15F5N4O2. The highest BCUT2D eigenvalue weighted by Crippen LogP contribution is 2.32. The minimum atomic E-state index is -4.81. The number of benzene rings is 1. The zero-order chi connectivity index (χ0) is 21.9. The Balaban J connectivity index is 1.72. The van der Waals surface area contributed by atoms with Crippen LogP contribution in [0.25, 0.3) is 0 Å². The summed E-state index contributed by atoms with van der Waals surface area (Å²) in [5.74, 6) is -1.89. The second kappa shape index (κ2) is 8.57. The zero-order valence-electron chi connectivity index (χ0n) is 15.2. The van der Waals surface area contributed by atoms with Crippen molar-refractivity contribution in [3.8, 4) is 0 Å². The summed E-state index contributed by atoms with van der Waals surface area (Å²) in [6.45, 7) is -1.41. The molecule has 11 heteroatoms. The lowest BCUT2D eigenvalue weighted by molar-refractivity contribution is -0.140. The van der Waals surface area contributed by atoms with Gasteiger partial charge in [0.05, 0.1) is 29.8 Å². The van der Waals surface area contributed by atoms with E-state index in [1.165, 1.54) is 35.4 Å². The van der Waals surface area contributed by atoms with E-state index in [1.807, 2.05) is 0 Å². The lowest BCUT2D eigenvalue weighted by Crippen LogP contribution is -2.14. The van der Waals surface area contributed by atoms with Gasteiger partial charge in [-0.25, -0.2) is 13.8 Å². The van der Waals surface area contributed by atoms with Gasteiger partial charge < -0.3 is 15.0 Å². The standard InChI is InChI=1S/C19H15F5N4O2/c20-5-12-4-13(6-25-16(12)9-29)18(30)27-17-8-28(10-26-17)7-11-1-2-15(21)14(3-11)19(22,23)24/h1-4,6,8,10,29H,5,7,9H2,(H,27,30). The first kappa shape index (κ1) is 21.4. The molecule has 0 atom stereocenters. The first-order valence-corrected chi connectivity index (χ1v) is 8.54. The number of pyridine rings is 1. The molecule has 158 valence electrons. The number of rotatable bonds is 6. The fourth-order valence-corrected chi connectivity index (χ4v) is 2.72. The van der Waals surface area contributed by atoms with E-state index in [1.54, 1.807) is 0 Å². The smallest absolute Gasteiger partial charge is 0.390 e. The van der Waals surface area contributed by atoms with Crippen molar-refractivity contribution >= 4 is 11.7 Å². The third-order valence-corrected chi connectivity index (χ3v) is 4.19. The highest BCUT2D eigenvalue weighted by molar-refractivity contribution is 6.03. The summed E-state index contributed by atoms with van der Waals surface area (Å²) in [4.78, 5) is 20.1. The molecule has 0 saturated heterocycles. The molecule has 0 spiro atoms. The number of carbonyl (C=O) groups excluding carboxylic acids is 1. The molecule has 0 aliphatic carbocycles. The van der Waals surface area contributed by atoms with Crippen molar-refractivity contribution in [3.63, 3.8) is 0 Å². The van der Waals surface area contributed by atoms with Crippen LogP contribution in [0.5, 0.6) is 0 Å². The number of hydrogen-bond acceptors (Lipinski definition) is 4. The summed E-state index contributed by atoms with van der Waals surface area (Å²) in [6, 6.07) is 3.92. The van der Waals surface area contributed by atoms with Gasteiger partial charge >= 0.3 is 6.18 Å². The normalized spacial score (nSPS) is 11.5. The Bertz CT molecular complexity index is 1070. The zero-order valence-corrected chi connectivity index (χ0v) is 15.2. The van der Waals surface area contributed by atoms with Crippen molar-refractivity contribution in [2.75, 3.05) is 5.32 Å². The summed E-state index contributed by atoms with van der Waals surface area (Å²) < 4.78 is 66.3. The summed E-state index contributed by atoms with van der Waals surface area (Å²) in [5, 5.41) is 11.6. The first-order chi connectivity index (χ1) is 14.2. The van der Waals surface area contributed by atoms with Gasteiger partial charge in [-0.3, -0.25) is 9.78 Å². The molecule has 1 amide bonds. The molecule has 0 radical (unpaired) electrons. The van der Waals surface area contributed by atoms with Gasteiger partial charge in [0.2, 0.25) is 0 Å².